The molecule has 0 unspecified atom stereocenters. The monoisotopic (exact) mass is 674 g/mol. The molecule has 48 heavy (non-hydrogen) atoms. The molecule has 1 atom stereocenters. The molecule has 0 aliphatic carbocycles. The Labute approximate surface area is 291 Å². The van der Waals surface area contributed by atoms with E-state index in [0.717, 1.165) is 95.7 Å². The van der Waals surface area contributed by atoms with E-state index in [-0.39, 0.29) is 17.4 Å². The second-order valence-corrected chi connectivity index (χ2v) is 15.9. The summed E-state index contributed by atoms with van der Waals surface area (Å²) in [5.41, 5.74) is 3.40. The summed E-state index contributed by atoms with van der Waals surface area (Å²) in [5, 5.41) is 9.78. The van der Waals surface area contributed by atoms with Crippen molar-refractivity contribution in [2.75, 3.05) is 75.2 Å². The first-order valence-corrected chi connectivity index (χ1v) is 18.1. The van der Waals surface area contributed by atoms with E-state index in [1.165, 1.54) is 5.69 Å². The van der Waals surface area contributed by atoms with Crippen LogP contribution < -0.4 is 9.80 Å². The SMILES string of the molecule is C[C@H]1CC2(CCN(c3ccc(C(=O)N4CCC(CN5CCN(C(=O)OC(C)(C)C)CC5)CC4)cc3)CC2)CN1c1ccc(C#N)c(Cl)c1. The lowest BCUT2D eigenvalue weighted by Crippen LogP contribution is -2.51. The fourth-order valence-corrected chi connectivity index (χ4v) is 8.38. The number of hydrogen-bond acceptors (Lipinski definition) is 7. The zero-order chi connectivity index (χ0) is 34.1. The number of piperidine rings is 2. The summed E-state index contributed by atoms with van der Waals surface area (Å²) in [6, 6.07) is 16.6. The lowest BCUT2D eigenvalue weighted by molar-refractivity contribution is 0.0124. The fourth-order valence-electron chi connectivity index (χ4n) is 8.16. The number of anilines is 2. The number of hydrogen-bond donors (Lipinski definition) is 0. The van der Waals surface area contributed by atoms with Crippen molar-refractivity contribution < 1.29 is 14.3 Å². The van der Waals surface area contributed by atoms with Crippen LogP contribution in [0.3, 0.4) is 0 Å². The second-order valence-electron chi connectivity index (χ2n) is 15.5. The van der Waals surface area contributed by atoms with Gasteiger partial charge in [0, 0.05) is 88.4 Å². The topological polar surface area (TPSA) is 83.4 Å². The van der Waals surface area contributed by atoms with Crippen LogP contribution in [0.4, 0.5) is 16.2 Å². The molecular weight excluding hydrogens is 624 g/mol. The van der Waals surface area contributed by atoms with Crippen LogP contribution in [-0.2, 0) is 4.74 Å². The quantitative estimate of drug-likeness (QED) is 0.358. The first-order chi connectivity index (χ1) is 22.9. The van der Waals surface area contributed by atoms with Gasteiger partial charge in [-0.3, -0.25) is 9.69 Å². The number of carbonyl (C=O) groups is 2. The van der Waals surface area contributed by atoms with Crippen molar-refractivity contribution in [3.05, 3.63) is 58.6 Å². The predicted octanol–water partition coefficient (Wildman–Crippen LogP) is 6.50. The number of ether oxygens (including phenoxy) is 1. The number of rotatable bonds is 5. The average molecular weight is 675 g/mol. The minimum atomic E-state index is -0.469. The molecule has 2 aromatic carbocycles. The molecule has 4 heterocycles. The van der Waals surface area contributed by atoms with E-state index in [1.54, 1.807) is 0 Å². The Bertz CT molecular complexity index is 1490. The first kappa shape index (κ1) is 34.4. The highest BCUT2D eigenvalue weighted by molar-refractivity contribution is 6.32. The number of likely N-dealkylation sites (tertiary alicyclic amines) is 1. The number of piperazine rings is 1. The minimum Gasteiger partial charge on any atom is -0.444 e. The van der Waals surface area contributed by atoms with Gasteiger partial charge >= 0.3 is 6.09 Å². The molecule has 4 aliphatic heterocycles. The van der Waals surface area contributed by atoms with Crippen molar-refractivity contribution in [2.45, 2.75) is 71.4 Å². The van der Waals surface area contributed by atoms with Gasteiger partial charge in [-0.05, 0) is 114 Å². The number of nitrogens with zero attached hydrogens (tertiary/aromatic N) is 6. The summed E-state index contributed by atoms with van der Waals surface area (Å²) in [4.78, 5) is 37.0. The van der Waals surface area contributed by atoms with Crippen LogP contribution in [0, 0.1) is 22.7 Å². The molecule has 2 aromatic rings. The van der Waals surface area contributed by atoms with E-state index in [2.05, 4.69) is 39.8 Å². The highest BCUT2D eigenvalue weighted by Gasteiger charge is 2.44. The first-order valence-electron chi connectivity index (χ1n) is 17.7. The van der Waals surface area contributed by atoms with Gasteiger partial charge in [0.15, 0.2) is 0 Å². The molecule has 6 rings (SSSR count). The number of amides is 2. The summed E-state index contributed by atoms with van der Waals surface area (Å²) in [6.45, 7) is 16.8. The molecule has 9 nitrogen and oxygen atoms in total. The average Bonchev–Trinajstić information content (AvgIpc) is 3.39. The van der Waals surface area contributed by atoms with Gasteiger partial charge in [0.2, 0.25) is 0 Å². The van der Waals surface area contributed by atoms with Crippen LogP contribution in [0.1, 0.15) is 75.7 Å². The fraction of sp³-hybridized carbons (Fsp3) is 0.605. The van der Waals surface area contributed by atoms with Gasteiger partial charge in [-0.1, -0.05) is 11.6 Å². The lowest BCUT2D eigenvalue weighted by Gasteiger charge is -2.40. The zero-order valence-corrected chi connectivity index (χ0v) is 29.8. The van der Waals surface area contributed by atoms with Crippen LogP contribution in [0.5, 0.6) is 0 Å². The number of carbonyl (C=O) groups excluding carboxylic acids is 2. The molecule has 2 amide bonds. The largest absolute Gasteiger partial charge is 0.444 e. The summed E-state index contributed by atoms with van der Waals surface area (Å²) < 4.78 is 5.53. The minimum absolute atomic E-state index is 0.131. The Balaban J connectivity index is 0.940. The summed E-state index contributed by atoms with van der Waals surface area (Å²) in [7, 11) is 0. The van der Waals surface area contributed by atoms with E-state index >= 15 is 0 Å². The molecule has 0 aromatic heterocycles. The normalized spacial score (nSPS) is 22.2. The van der Waals surface area contributed by atoms with E-state index in [4.69, 9.17) is 16.3 Å². The summed E-state index contributed by atoms with van der Waals surface area (Å²) in [5.74, 6) is 0.704. The summed E-state index contributed by atoms with van der Waals surface area (Å²) in [6.07, 6.45) is 5.23. The molecule has 10 heteroatoms. The molecule has 4 fully saturated rings. The predicted molar refractivity (Wildman–Crippen MR) is 191 cm³/mol. The number of halogens is 1. The highest BCUT2D eigenvalue weighted by atomic mass is 35.5. The van der Waals surface area contributed by atoms with Gasteiger partial charge < -0.3 is 24.3 Å². The molecule has 0 N–H and O–H groups in total. The third-order valence-corrected chi connectivity index (χ3v) is 11.2. The Morgan fingerprint density at radius 2 is 1.56 bits per heavy atom. The lowest BCUT2D eigenvalue weighted by atomic mass is 9.76. The summed E-state index contributed by atoms with van der Waals surface area (Å²) >= 11 is 6.36. The third-order valence-electron chi connectivity index (χ3n) is 10.9. The Morgan fingerprint density at radius 3 is 2.17 bits per heavy atom. The van der Waals surface area contributed by atoms with Gasteiger partial charge in [0.05, 0.1) is 10.6 Å². The Kier molecular flexibility index (Phi) is 10.1. The van der Waals surface area contributed by atoms with E-state index < -0.39 is 5.60 Å². The maximum absolute atomic E-state index is 13.4. The van der Waals surface area contributed by atoms with Gasteiger partial charge in [-0.2, -0.15) is 5.26 Å². The molecular formula is C38H51ClN6O3. The molecule has 258 valence electrons. The third kappa shape index (κ3) is 7.87. The number of nitriles is 1. The molecule has 0 radical (unpaired) electrons. The van der Waals surface area contributed by atoms with Gasteiger partial charge in [0.25, 0.3) is 5.91 Å². The van der Waals surface area contributed by atoms with Crippen LogP contribution in [0.25, 0.3) is 0 Å². The van der Waals surface area contributed by atoms with Crippen molar-refractivity contribution >= 4 is 35.0 Å². The molecule has 0 saturated carbocycles. The van der Waals surface area contributed by atoms with E-state index in [0.29, 0.717) is 35.6 Å². The highest BCUT2D eigenvalue weighted by Crippen LogP contribution is 2.46. The zero-order valence-electron chi connectivity index (χ0n) is 29.1. The van der Waals surface area contributed by atoms with Gasteiger partial charge in [-0.25, -0.2) is 4.79 Å². The molecule has 0 bridgehead atoms. The second kappa shape index (κ2) is 14.2. The van der Waals surface area contributed by atoms with Crippen molar-refractivity contribution in [1.82, 2.24) is 14.7 Å². The Morgan fingerprint density at radius 1 is 0.917 bits per heavy atom. The van der Waals surface area contributed by atoms with Gasteiger partial charge in [-0.15, -0.1) is 0 Å². The van der Waals surface area contributed by atoms with Crippen LogP contribution in [0.2, 0.25) is 5.02 Å². The molecule has 1 spiro atoms. The number of benzene rings is 2. The van der Waals surface area contributed by atoms with E-state index in [9.17, 15) is 14.9 Å². The van der Waals surface area contributed by atoms with Crippen LogP contribution >= 0.6 is 11.6 Å². The molecule has 4 saturated heterocycles. The van der Waals surface area contributed by atoms with Gasteiger partial charge in [0.1, 0.15) is 11.7 Å². The van der Waals surface area contributed by atoms with Crippen LogP contribution in [0.15, 0.2) is 42.5 Å². The molecule has 4 aliphatic rings. The smallest absolute Gasteiger partial charge is 0.410 e. The van der Waals surface area contributed by atoms with Crippen molar-refractivity contribution in [1.29, 1.82) is 5.26 Å². The van der Waals surface area contributed by atoms with Crippen molar-refractivity contribution in [3.63, 3.8) is 0 Å². The van der Waals surface area contributed by atoms with E-state index in [1.807, 2.05) is 60.9 Å². The standard InChI is InChI=1S/C38H51ClN6O3/c1-28-24-38(27-45(28)33-10-7-31(25-40)34(39)23-33)13-17-42(18-14-38)32-8-5-30(6-9-32)35(46)43-15-11-29(12-16-43)26-41-19-21-44(22-20-41)36(47)48-37(2,3)4/h5-10,23,28-29H,11-22,24,26-27H2,1-4H3/t28-/m0/s1. The van der Waals surface area contributed by atoms with Crippen LogP contribution in [-0.4, -0.2) is 104 Å². The maximum atomic E-state index is 13.4. The maximum Gasteiger partial charge on any atom is 0.410 e. The Hall–Kier alpha value is -3.48. The van der Waals surface area contributed by atoms with Crippen molar-refractivity contribution in [3.8, 4) is 6.07 Å². The van der Waals surface area contributed by atoms with Crippen molar-refractivity contribution in [2.24, 2.45) is 11.3 Å².